The van der Waals surface area contributed by atoms with Crippen LogP contribution >= 0.6 is 11.3 Å². The van der Waals surface area contributed by atoms with Gasteiger partial charge in [-0.25, -0.2) is 9.78 Å². The molecule has 1 aromatic heterocycles. The maximum absolute atomic E-state index is 14.3. The molecule has 12 nitrogen and oxygen atoms in total. The number of carbonyl (C=O) groups is 6. The summed E-state index contributed by atoms with van der Waals surface area (Å²) in [6, 6.07) is -4.32. The molecule has 3 aliphatic carbocycles. The molecule has 0 spiro atoms. The van der Waals surface area contributed by atoms with Gasteiger partial charge in [0.05, 0.1) is 12.1 Å². The number of primary amides is 1. The van der Waals surface area contributed by atoms with Crippen molar-refractivity contribution in [1.82, 2.24) is 25.8 Å². The number of nitrogens with zero attached hydrogens (tertiary/aromatic N) is 2. The van der Waals surface area contributed by atoms with E-state index in [1.807, 2.05) is 20.8 Å². The molecule has 1 aliphatic heterocycles. The van der Waals surface area contributed by atoms with Crippen LogP contribution in [0.1, 0.15) is 95.8 Å². The van der Waals surface area contributed by atoms with E-state index in [9.17, 15) is 28.8 Å². The number of amides is 5. The van der Waals surface area contributed by atoms with Crippen LogP contribution in [0.25, 0.3) is 0 Å². The summed E-state index contributed by atoms with van der Waals surface area (Å²) >= 11 is 1.23. The maximum atomic E-state index is 14.3. The van der Waals surface area contributed by atoms with Crippen LogP contribution in [0.4, 0.5) is 4.79 Å². The van der Waals surface area contributed by atoms with Crippen LogP contribution in [0, 0.1) is 34.5 Å². The summed E-state index contributed by atoms with van der Waals surface area (Å²) in [6.07, 6.45) is 8.40. The Balaban J connectivity index is 1.34. The Hall–Kier alpha value is -3.35. The molecule has 2 heterocycles. The van der Waals surface area contributed by atoms with E-state index >= 15 is 0 Å². The van der Waals surface area contributed by atoms with Crippen LogP contribution in [0.3, 0.4) is 0 Å². The molecule has 4 aliphatic rings. The standard InChI is InChI=1S/C33H48N6O6S/c1-32(2,3)26(38-31(45)37-22(18-9-7-6-8-10-18)25(41)29-35-13-14-46-29)30(44)39-16-19-21(33(19,4)5)23(39)28(43)36-20(15-17-11-12-17)24(40)27(34)42/h13-14,17-23,26H,6-12,15-16H2,1-5H3,(H2,34,42)(H,36,43)(H2,37,38,45)/t19-,20?,21-,22-,23-,26+/m0/s1. The van der Waals surface area contributed by atoms with E-state index in [-0.39, 0.29) is 34.9 Å². The predicted molar refractivity (Wildman–Crippen MR) is 171 cm³/mol. The van der Waals surface area contributed by atoms with Crippen molar-refractivity contribution >= 4 is 46.7 Å². The molecule has 6 atom stereocenters. The number of Topliss-reactive ketones (excluding diaryl/α,β-unsaturated/α-hetero) is 2. The minimum Gasteiger partial charge on any atom is -0.363 e. The summed E-state index contributed by atoms with van der Waals surface area (Å²) in [5, 5.41) is 10.6. The van der Waals surface area contributed by atoms with Crippen LogP contribution in [0.2, 0.25) is 0 Å². The molecule has 0 radical (unpaired) electrons. The first-order valence-electron chi connectivity index (χ1n) is 16.6. The molecule has 0 bridgehead atoms. The normalized spacial score (nSPS) is 25.8. The average molecular weight is 657 g/mol. The lowest BCUT2D eigenvalue weighted by molar-refractivity contribution is -0.145. The lowest BCUT2D eigenvalue weighted by atomic mass is 9.82. The summed E-state index contributed by atoms with van der Waals surface area (Å²) in [7, 11) is 0. The fraction of sp³-hybridized carbons (Fsp3) is 0.727. The molecular formula is C33H48N6O6S. The summed E-state index contributed by atoms with van der Waals surface area (Å²) in [5.41, 5.74) is 4.37. The maximum Gasteiger partial charge on any atom is 0.316 e. The number of likely N-dealkylation sites (tertiary alicyclic amines) is 1. The second-order valence-electron chi connectivity index (χ2n) is 15.4. The number of hydrogen-bond donors (Lipinski definition) is 4. The van der Waals surface area contributed by atoms with E-state index in [2.05, 4.69) is 34.8 Å². The van der Waals surface area contributed by atoms with Crippen LogP contribution in [-0.2, 0) is 19.2 Å². The van der Waals surface area contributed by atoms with Gasteiger partial charge in [0, 0.05) is 18.1 Å². The number of thiazole rings is 1. The molecule has 5 amide bonds. The van der Waals surface area contributed by atoms with Crippen molar-refractivity contribution in [3.63, 3.8) is 0 Å². The molecule has 5 N–H and O–H groups in total. The number of fused-ring (bicyclic) bond motifs is 1. The van der Waals surface area contributed by atoms with Crippen LogP contribution in [-0.4, -0.2) is 75.9 Å². The van der Waals surface area contributed by atoms with Gasteiger partial charge in [-0.1, -0.05) is 66.7 Å². The van der Waals surface area contributed by atoms with Crippen LogP contribution < -0.4 is 21.7 Å². The highest BCUT2D eigenvalue weighted by atomic mass is 32.1. The second-order valence-corrected chi connectivity index (χ2v) is 16.2. The Kier molecular flexibility index (Phi) is 9.64. The number of aromatic nitrogens is 1. The summed E-state index contributed by atoms with van der Waals surface area (Å²) in [6.45, 7) is 9.94. The fourth-order valence-electron chi connectivity index (χ4n) is 7.63. The largest absolute Gasteiger partial charge is 0.363 e. The van der Waals surface area contributed by atoms with E-state index in [1.165, 1.54) is 16.2 Å². The number of hydrogen-bond acceptors (Lipinski definition) is 8. The lowest BCUT2D eigenvalue weighted by Gasteiger charge is -2.38. The number of nitrogens with one attached hydrogen (secondary N) is 3. The van der Waals surface area contributed by atoms with Gasteiger partial charge in [0.15, 0.2) is 5.01 Å². The van der Waals surface area contributed by atoms with E-state index in [4.69, 9.17) is 5.73 Å². The first-order chi connectivity index (χ1) is 21.6. The van der Waals surface area contributed by atoms with Crippen molar-refractivity contribution in [3.05, 3.63) is 16.6 Å². The average Bonchev–Trinajstić information content (AvgIpc) is 3.70. The second kappa shape index (κ2) is 13.0. The van der Waals surface area contributed by atoms with E-state index in [0.29, 0.717) is 18.0 Å². The number of carbonyl (C=O) groups excluding carboxylic acids is 6. The monoisotopic (exact) mass is 656 g/mol. The molecule has 1 aromatic rings. The molecule has 1 unspecified atom stereocenters. The Morgan fingerprint density at radius 3 is 2.26 bits per heavy atom. The van der Waals surface area contributed by atoms with Gasteiger partial charge in [0.25, 0.3) is 5.91 Å². The Labute approximate surface area is 274 Å². The third-order valence-electron chi connectivity index (χ3n) is 10.6. The number of ketones is 2. The summed E-state index contributed by atoms with van der Waals surface area (Å²) in [5.74, 6) is -2.93. The van der Waals surface area contributed by atoms with Gasteiger partial charge in [-0.2, -0.15) is 0 Å². The Morgan fingerprint density at radius 2 is 1.70 bits per heavy atom. The molecule has 252 valence electrons. The zero-order valence-corrected chi connectivity index (χ0v) is 28.3. The van der Waals surface area contributed by atoms with Gasteiger partial charge in [-0.15, -0.1) is 11.3 Å². The zero-order chi connectivity index (χ0) is 33.6. The zero-order valence-electron chi connectivity index (χ0n) is 27.5. The smallest absolute Gasteiger partial charge is 0.316 e. The van der Waals surface area contributed by atoms with E-state index in [0.717, 1.165) is 44.9 Å². The molecule has 4 fully saturated rings. The predicted octanol–water partition coefficient (Wildman–Crippen LogP) is 2.81. The Bertz CT molecular complexity index is 1360. The SMILES string of the molecule is CC(C)(C)[C@H](NC(=O)N[C@H](C(=O)c1nccs1)C1CCCCC1)C(=O)N1C[C@H]2[C@@H]([C@H]1C(=O)NC(CC1CC1)C(=O)C(N)=O)C2(C)C. The third-order valence-corrected chi connectivity index (χ3v) is 11.4. The van der Waals surface area contributed by atoms with Gasteiger partial charge in [-0.3, -0.25) is 24.0 Å². The van der Waals surface area contributed by atoms with Crippen molar-refractivity contribution < 1.29 is 28.8 Å². The van der Waals surface area contributed by atoms with E-state index in [1.54, 1.807) is 11.6 Å². The van der Waals surface area contributed by atoms with Gasteiger partial charge < -0.3 is 26.6 Å². The minimum absolute atomic E-state index is 0.0348. The summed E-state index contributed by atoms with van der Waals surface area (Å²) in [4.78, 5) is 85.4. The highest BCUT2D eigenvalue weighted by molar-refractivity contribution is 7.11. The van der Waals surface area contributed by atoms with Crippen LogP contribution in [0.15, 0.2) is 11.6 Å². The van der Waals surface area contributed by atoms with Crippen molar-refractivity contribution in [3.8, 4) is 0 Å². The topological polar surface area (TPSA) is 181 Å². The van der Waals surface area contributed by atoms with Crippen molar-refractivity contribution in [1.29, 1.82) is 0 Å². The number of urea groups is 1. The quantitative estimate of drug-likeness (QED) is 0.197. The van der Waals surface area contributed by atoms with Gasteiger partial charge in [0.1, 0.15) is 12.1 Å². The van der Waals surface area contributed by atoms with Crippen molar-refractivity contribution in [2.45, 2.75) is 110 Å². The fourth-order valence-corrected chi connectivity index (χ4v) is 8.25. The highest BCUT2D eigenvalue weighted by Crippen LogP contribution is 2.65. The number of rotatable bonds is 12. The number of piperidine rings is 1. The molecule has 1 saturated heterocycles. The first kappa shape index (κ1) is 34.0. The molecular weight excluding hydrogens is 608 g/mol. The minimum atomic E-state index is -1.10. The molecule has 0 aromatic carbocycles. The van der Waals surface area contributed by atoms with E-state index < -0.39 is 59.1 Å². The third kappa shape index (κ3) is 7.13. The first-order valence-corrected chi connectivity index (χ1v) is 17.4. The molecule has 13 heteroatoms. The molecule has 5 rings (SSSR count). The molecule has 3 saturated carbocycles. The lowest BCUT2D eigenvalue weighted by Crippen LogP contribution is -2.62. The van der Waals surface area contributed by atoms with Gasteiger partial charge in [-0.05, 0) is 53.8 Å². The number of nitrogens with two attached hydrogens (primary N) is 1. The van der Waals surface area contributed by atoms with Gasteiger partial charge in [0.2, 0.25) is 23.4 Å². The van der Waals surface area contributed by atoms with Gasteiger partial charge >= 0.3 is 6.03 Å². The molecule has 46 heavy (non-hydrogen) atoms. The van der Waals surface area contributed by atoms with Crippen molar-refractivity contribution in [2.24, 2.45) is 40.2 Å². The summed E-state index contributed by atoms with van der Waals surface area (Å²) < 4.78 is 0. The highest BCUT2D eigenvalue weighted by Gasteiger charge is 2.70. The van der Waals surface area contributed by atoms with Crippen LogP contribution in [0.5, 0.6) is 0 Å². The Morgan fingerprint density at radius 1 is 1.02 bits per heavy atom. The van der Waals surface area contributed by atoms with Crippen molar-refractivity contribution in [2.75, 3.05) is 6.54 Å².